The lowest BCUT2D eigenvalue weighted by Crippen LogP contribution is -2.21. The number of nitrogens with one attached hydrogen (secondary N) is 3. The highest BCUT2D eigenvalue weighted by Crippen LogP contribution is 2.32. The molecule has 1 atom stereocenters. The average molecular weight is 363 g/mol. The van der Waals surface area contributed by atoms with E-state index in [0.29, 0.717) is 28.7 Å². The molecular weight excluding hydrogens is 342 g/mol. The minimum Gasteiger partial charge on any atom is -0.349 e. The predicted octanol–water partition coefficient (Wildman–Crippen LogP) is 2.16. The van der Waals surface area contributed by atoms with E-state index in [1.807, 2.05) is 12.1 Å². The molecular formula is C20H21N5O2. The lowest BCUT2D eigenvalue weighted by Gasteiger charge is -2.15. The first-order valence-corrected chi connectivity index (χ1v) is 9.00. The van der Waals surface area contributed by atoms with Gasteiger partial charge in [0.15, 0.2) is 0 Å². The van der Waals surface area contributed by atoms with Gasteiger partial charge < -0.3 is 10.3 Å². The monoisotopic (exact) mass is 363 g/mol. The van der Waals surface area contributed by atoms with E-state index in [2.05, 4.69) is 37.4 Å². The van der Waals surface area contributed by atoms with E-state index in [1.165, 1.54) is 17.2 Å². The fraction of sp³-hybridized carbons (Fsp3) is 0.300. The van der Waals surface area contributed by atoms with Crippen molar-refractivity contribution in [3.05, 3.63) is 84.9 Å². The van der Waals surface area contributed by atoms with Gasteiger partial charge in [0.2, 0.25) is 5.95 Å². The maximum absolute atomic E-state index is 12.2. The lowest BCUT2D eigenvalue weighted by molar-refractivity contribution is 0.747. The zero-order chi connectivity index (χ0) is 19.0. The topological polar surface area (TPSA) is 104 Å². The van der Waals surface area contributed by atoms with Crippen LogP contribution in [-0.2, 0) is 12.8 Å². The molecule has 0 spiro atoms. The Labute approximate surface area is 155 Å². The molecule has 0 radical (unpaired) electrons. The first-order chi connectivity index (χ1) is 13.0. The molecule has 0 saturated carbocycles. The number of H-pyrrole nitrogens is 2. The highest BCUT2D eigenvalue weighted by Gasteiger charge is 2.22. The Balaban J connectivity index is 1.62. The zero-order valence-electron chi connectivity index (χ0n) is 15.3. The molecule has 2 aromatic heterocycles. The summed E-state index contributed by atoms with van der Waals surface area (Å²) in [6, 6.07) is 9.83. The van der Waals surface area contributed by atoms with Crippen LogP contribution >= 0.6 is 0 Å². The predicted molar refractivity (Wildman–Crippen MR) is 103 cm³/mol. The normalized spacial score (nSPS) is 15.6. The first-order valence-electron chi connectivity index (χ1n) is 9.00. The van der Waals surface area contributed by atoms with Crippen LogP contribution in [0.1, 0.15) is 46.4 Å². The van der Waals surface area contributed by atoms with Crippen molar-refractivity contribution in [2.75, 3.05) is 5.32 Å². The van der Waals surface area contributed by atoms with E-state index >= 15 is 0 Å². The fourth-order valence-corrected chi connectivity index (χ4v) is 3.68. The molecule has 27 heavy (non-hydrogen) atoms. The standard InChI is InChI=1S/C20H21N5O2/c1-11-16(19(27)22-12(2)21-11)9-14-10-18(26)25-20(23-14)24-17-8-7-13-5-3-4-6-15(13)17/h3-6,10,17H,7-9H2,1-2H3,(H,21,22,27)(H2,23,24,25,26). The molecule has 7 heteroatoms. The molecule has 0 amide bonds. The van der Waals surface area contributed by atoms with Gasteiger partial charge >= 0.3 is 0 Å². The number of hydrogen-bond donors (Lipinski definition) is 3. The van der Waals surface area contributed by atoms with Crippen molar-refractivity contribution in [1.29, 1.82) is 0 Å². The molecule has 2 heterocycles. The van der Waals surface area contributed by atoms with Gasteiger partial charge in [-0.3, -0.25) is 14.6 Å². The Hall–Kier alpha value is -3.22. The van der Waals surface area contributed by atoms with Gasteiger partial charge in [0.1, 0.15) is 5.82 Å². The molecule has 4 rings (SSSR count). The Morgan fingerprint density at radius 2 is 1.96 bits per heavy atom. The number of fused-ring (bicyclic) bond motifs is 1. The van der Waals surface area contributed by atoms with Crippen LogP contribution in [0.15, 0.2) is 39.9 Å². The number of benzene rings is 1. The maximum atomic E-state index is 12.2. The largest absolute Gasteiger partial charge is 0.349 e. The summed E-state index contributed by atoms with van der Waals surface area (Å²) in [5.41, 5.74) is 3.83. The quantitative estimate of drug-likeness (QED) is 0.659. The third-order valence-corrected chi connectivity index (χ3v) is 4.94. The van der Waals surface area contributed by atoms with Crippen molar-refractivity contribution >= 4 is 5.95 Å². The minimum absolute atomic E-state index is 0.116. The summed E-state index contributed by atoms with van der Waals surface area (Å²) in [5, 5.41) is 3.33. The fourth-order valence-electron chi connectivity index (χ4n) is 3.68. The van der Waals surface area contributed by atoms with Gasteiger partial charge in [-0.25, -0.2) is 9.97 Å². The van der Waals surface area contributed by atoms with Crippen LogP contribution in [0, 0.1) is 13.8 Å². The summed E-state index contributed by atoms with van der Waals surface area (Å²) in [6.07, 6.45) is 2.21. The van der Waals surface area contributed by atoms with Crippen molar-refractivity contribution in [2.24, 2.45) is 0 Å². The summed E-state index contributed by atoms with van der Waals surface area (Å²) in [7, 11) is 0. The van der Waals surface area contributed by atoms with Crippen LogP contribution in [0.3, 0.4) is 0 Å². The number of aryl methyl sites for hydroxylation is 3. The Morgan fingerprint density at radius 1 is 1.15 bits per heavy atom. The third-order valence-electron chi connectivity index (χ3n) is 4.94. The van der Waals surface area contributed by atoms with Crippen molar-refractivity contribution in [2.45, 2.75) is 39.2 Å². The van der Waals surface area contributed by atoms with E-state index in [0.717, 1.165) is 12.8 Å². The second-order valence-electron chi connectivity index (χ2n) is 6.91. The molecule has 0 aliphatic heterocycles. The van der Waals surface area contributed by atoms with Crippen LogP contribution in [0.5, 0.6) is 0 Å². The van der Waals surface area contributed by atoms with Gasteiger partial charge in [-0.05, 0) is 37.8 Å². The van der Waals surface area contributed by atoms with Crippen LogP contribution in [0.25, 0.3) is 0 Å². The molecule has 0 fully saturated rings. The molecule has 1 aromatic carbocycles. The van der Waals surface area contributed by atoms with Crippen LogP contribution in [-0.4, -0.2) is 19.9 Å². The summed E-state index contributed by atoms with van der Waals surface area (Å²) < 4.78 is 0. The Bertz CT molecular complexity index is 1120. The van der Waals surface area contributed by atoms with Gasteiger partial charge in [0.05, 0.1) is 11.7 Å². The molecule has 7 nitrogen and oxygen atoms in total. The van der Waals surface area contributed by atoms with Crippen molar-refractivity contribution in [3.63, 3.8) is 0 Å². The van der Waals surface area contributed by atoms with Gasteiger partial charge in [0, 0.05) is 23.7 Å². The van der Waals surface area contributed by atoms with Crippen molar-refractivity contribution < 1.29 is 0 Å². The molecule has 1 unspecified atom stereocenters. The smallest absolute Gasteiger partial charge is 0.254 e. The van der Waals surface area contributed by atoms with E-state index in [9.17, 15) is 9.59 Å². The highest BCUT2D eigenvalue weighted by molar-refractivity contribution is 5.41. The molecule has 0 bridgehead atoms. The number of anilines is 1. The van der Waals surface area contributed by atoms with Gasteiger partial charge in [0.25, 0.3) is 11.1 Å². The van der Waals surface area contributed by atoms with E-state index in [-0.39, 0.29) is 23.6 Å². The molecule has 138 valence electrons. The minimum atomic E-state index is -0.247. The van der Waals surface area contributed by atoms with Gasteiger partial charge in [-0.15, -0.1) is 0 Å². The van der Waals surface area contributed by atoms with Crippen LogP contribution in [0.4, 0.5) is 5.95 Å². The maximum Gasteiger partial charge on any atom is 0.254 e. The van der Waals surface area contributed by atoms with Crippen molar-refractivity contribution in [3.8, 4) is 0 Å². The number of nitrogens with zero attached hydrogens (tertiary/aromatic N) is 2. The molecule has 1 aliphatic carbocycles. The van der Waals surface area contributed by atoms with Crippen LogP contribution in [0.2, 0.25) is 0 Å². The van der Waals surface area contributed by atoms with Gasteiger partial charge in [-0.1, -0.05) is 24.3 Å². The highest BCUT2D eigenvalue weighted by atomic mass is 16.1. The molecule has 0 saturated heterocycles. The van der Waals surface area contributed by atoms with Crippen LogP contribution < -0.4 is 16.4 Å². The SMILES string of the molecule is Cc1nc(C)c(Cc2cc(=O)[nH]c(NC3CCc4ccccc43)n2)c(=O)[nH]1. The second-order valence-corrected chi connectivity index (χ2v) is 6.91. The zero-order valence-corrected chi connectivity index (χ0v) is 15.3. The van der Waals surface area contributed by atoms with Crippen molar-refractivity contribution in [1.82, 2.24) is 19.9 Å². The summed E-state index contributed by atoms with van der Waals surface area (Å²) in [5.74, 6) is 0.996. The first kappa shape index (κ1) is 17.2. The molecule has 3 aromatic rings. The number of rotatable bonds is 4. The second kappa shape index (κ2) is 6.83. The van der Waals surface area contributed by atoms with E-state index in [4.69, 9.17) is 0 Å². The van der Waals surface area contributed by atoms with E-state index < -0.39 is 0 Å². The van der Waals surface area contributed by atoms with E-state index in [1.54, 1.807) is 13.8 Å². The summed E-state index contributed by atoms with van der Waals surface area (Å²) >= 11 is 0. The Kier molecular flexibility index (Phi) is 4.35. The molecule has 3 N–H and O–H groups in total. The number of aromatic amines is 2. The number of hydrogen-bond acceptors (Lipinski definition) is 5. The Morgan fingerprint density at radius 3 is 2.78 bits per heavy atom. The summed E-state index contributed by atoms with van der Waals surface area (Å²) in [6.45, 7) is 3.53. The summed E-state index contributed by atoms with van der Waals surface area (Å²) in [4.78, 5) is 38.6. The average Bonchev–Trinajstić information content (AvgIpc) is 3.01. The molecule has 1 aliphatic rings. The van der Waals surface area contributed by atoms with Gasteiger partial charge in [-0.2, -0.15) is 0 Å². The lowest BCUT2D eigenvalue weighted by atomic mass is 10.1. The third kappa shape index (κ3) is 3.53. The number of aromatic nitrogens is 4.